The molecule has 0 unspecified atom stereocenters. The van der Waals surface area contributed by atoms with Crippen molar-refractivity contribution >= 4 is 23.9 Å². The Morgan fingerprint density at radius 1 is 1.06 bits per heavy atom. The fraction of sp³-hybridized carbons (Fsp3) is 0.458. The number of nitrogens with one attached hydrogen (secondary N) is 2. The van der Waals surface area contributed by atoms with Crippen LogP contribution in [0.4, 0.5) is 0 Å². The lowest BCUT2D eigenvalue weighted by atomic mass is 9.91. The summed E-state index contributed by atoms with van der Waals surface area (Å²) in [6.45, 7) is 0.272. The first-order chi connectivity index (χ1) is 17.0. The van der Waals surface area contributed by atoms with Crippen LogP contribution < -0.4 is 10.6 Å². The van der Waals surface area contributed by atoms with E-state index in [0.29, 0.717) is 11.1 Å². The van der Waals surface area contributed by atoms with Gasteiger partial charge in [-0.05, 0) is 29.8 Å². The molecule has 1 heterocycles. The standard InChI is InChI=1S/C24H30N2O9/c27-9-8-25-21(29)5-7-26-23(30)18-13-19-22(34-15-33-19)20(14-18)35-24(31)17-3-1-16(2-4-17)6-11-32-12-10-28/h1-4,6,11,13,19-20,22,27-28H,5,7-10,12,14-15H2,(H,25,29)(H,26,30)/t19-,20-,22-/m1/s1. The van der Waals surface area contributed by atoms with Gasteiger partial charge in [0.2, 0.25) is 11.8 Å². The first-order valence-corrected chi connectivity index (χ1v) is 11.3. The smallest absolute Gasteiger partial charge is 0.338 e. The molecule has 11 heteroatoms. The van der Waals surface area contributed by atoms with E-state index < -0.39 is 24.3 Å². The molecule has 1 saturated heterocycles. The molecule has 4 N–H and O–H groups in total. The lowest BCUT2D eigenvalue weighted by Gasteiger charge is -2.30. The van der Waals surface area contributed by atoms with Crippen molar-refractivity contribution in [2.24, 2.45) is 0 Å². The average Bonchev–Trinajstić information content (AvgIpc) is 3.35. The molecule has 35 heavy (non-hydrogen) atoms. The van der Waals surface area contributed by atoms with E-state index in [-0.39, 0.29) is 64.4 Å². The van der Waals surface area contributed by atoms with Gasteiger partial charge in [0.1, 0.15) is 31.7 Å². The number of carbonyl (C=O) groups excluding carboxylic acids is 3. The van der Waals surface area contributed by atoms with Crippen LogP contribution in [0.1, 0.15) is 28.8 Å². The Labute approximate surface area is 202 Å². The van der Waals surface area contributed by atoms with Crippen molar-refractivity contribution in [1.82, 2.24) is 10.6 Å². The number of aliphatic hydroxyl groups is 2. The highest BCUT2D eigenvalue weighted by molar-refractivity contribution is 5.94. The van der Waals surface area contributed by atoms with E-state index in [1.165, 1.54) is 6.26 Å². The lowest BCUT2D eigenvalue weighted by Crippen LogP contribution is -2.43. The second-order valence-electron chi connectivity index (χ2n) is 7.82. The summed E-state index contributed by atoms with van der Waals surface area (Å²) in [5, 5.41) is 22.6. The van der Waals surface area contributed by atoms with E-state index in [2.05, 4.69) is 10.6 Å². The third kappa shape index (κ3) is 7.89. The van der Waals surface area contributed by atoms with Gasteiger partial charge in [0.05, 0.1) is 25.0 Å². The predicted octanol–water partition coefficient (Wildman–Crippen LogP) is -0.122. The highest BCUT2D eigenvalue weighted by atomic mass is 16.7. The Hall–Kier alpha value is -3.25. The molecule has 1 aromatic rings. The minimum atomic E-state index is -0.722. The van der Waals surface area contributed by atoms with E-state index in [1.54, 1.807) is 36.4 Å². The summed E-state index contributed by atoms with van der Waals surface area (Å²) in [5.74, 6) is -1.22. The van der Waals surface area contributed by atoms with Crippen LogP contribution in [0, 0.1) is 0 Å². The van der Waals surface area contributed by atoms with Crippen LogP contribution in [-0.4, -0.2) is 86.0 Å². The summed E-state index contributed by atoms with van der Waals surface area (Å²) in [7, 11) is 0. The number of hydrogen-bond donors (Lipinski definition) is 4. The van der Waals surface area contributed by atoms with Gasteiger partial charge in [-0.15, -0.1) is 0 Å². The number of esters is 1. The number of benzene rings is 1. The maximum absolute atomic E-state index is 12.8. The van der Waals surface area contributed by atoms with Crippen molar-refractivity contribution in [3.63, 3.8) is 0 Å². The van der Waals surface area contributed by atoms with Crippen molar-refractivity contribution < 1.29 is 43.5 Å². The Morgan fingerprint density at radius 2 is 1.86 bits per heavy atom. The average molecular weight is 491 g/mol. The van der Waals surface area contributed by atoms with E-state index in [1.807, 2.05) is 0 Å². The van der Waals surface area contributed by atoms with Crippen LogP contribution in [0.15, 0.2) is 42.2 Å². The topological polar surface area (TPSA) is 153 Å². The molecule has 1 aliphatic heterocycles. The number of rotatable bonds is 12. The van der Waals surface area contributed by atoms with Gasteiger partial charge >= 0.3 is 5.97 Å². The summed E-state index contributed by atoms with van der Waals surface area (Å²) in [6.07, 6.45) is 3.26. The minimum Gasteiger partial charge on any atom is -0.499 e. The Kier molecular flexibility index (Phi) is 10.2. The molecule has 190 valence electrons. The van der Waals surface area contributed by atoms with Crippen LogP contribution in [0.3, 0.4) is 0 Å². The minimum absolute atomic E-state index is 0.0270. The summed E-state index contributed by atoms with van der Waals surface area (Å²) in [6, 6.07) is 6.69. The Bertz CT molecular complexity index is 929. The zero-order valence-electron chi connectivity index (χ0n) is 19.2. The van der Waals surface area contributed by atoms with E-state index in [4.69, 9.17) is 29.2 Å². The molecule has 3 rings (SSSR count). The predicted molar refractivity (Wildman–Crippen MR) is 123 cm³/mol. The fourth-order valence-electron chi connectivity index (χ4n) is 3.59. The molecule has 0 bridgehead atoms. The van der Waals surface area contributed by atoms with Gasteiger partial charge in [0.15, 0.2) is 0 Å². The maximum Gasteiger partial charge on any atom is 0.338 e. The van der Waals surface area contributed by atoms with Crippen molar-refractivity contribution in [2.75, 3.05) is 39.7 Å². The number of fused-ring (bicyclic) bond motifs is 1. The van der Waals surface area contributed by atoms with E-state index >= 15 is 0 Å². The zero-order chi connectivity index (χ0) is 25.0. The van der Waals surface area contributed by atoms with Crippen molar-refractivity contribution in [3.8, 4) is 0 Å². The van der Waals surface area contributed by atoms with E-state index in [9.17, 15) is 14.4 Å². The third-order valence-electron chi connectivity index (χ3n) is 5.33. The van der Waals surface area contributed by atoms with Crippen LogP contribution in [0.2, 0.25) is 0 Å². The van der Waals surface area contributed by atoms with Crippen LogP contribution in [-0.2, 0) is 28.5 Å². The fourth-order valence-corrected chi connectivity index (χ4v) is 3.59. The highest BCUT2D eigenvalue weighted by Gasteiger charge is 2.42. The highest BCUT2D eigenvalue weighted by Crippen LogP contribution is 2.30. The maximum atomic E-state index is 12.8. The Balaban J connectivity index is 1.56. The molecule has 2 amide bonds. The molecule has 3 atom stereocenters. The second kappa shape index (κ2) is 13.6. The summed E-state index contributed by atoms with van der Waals surface area (Å²) in [5.41, 5.74) is 1.52. The van der Waals surface area contributed by atoms with Crippen molar-refractivity contribution in [1.29, 1.82) is 0 Å². The second-order valence-corrected chi connectivity index (χ2v) is 7.82. The molecule has 0 aromatic heterocycles. The quantitative estimate of drug-likeness (QED) is 0.178. The van der Waals surface area contributed by atoms with Crippen molar-refractivity contribution in [3.05, 3.63) is 53.3 Å². The van der Waals surface area contributed by atoms with Crippen LogP contribution in [0.5, 0.6) is 0 Å². The normalized spacial score (nSPS) is 21.2. The molecule has 11 nitrogen and oxygen atoms in total. The van der Waals surface area contributed by atoms with Gasteiger partial charge in [-0.2, -0.15) is 0 Å². The zero-order valence-corrected chi connectivity index (χ0v) is 19.2. The van der Waals surface area contributed by atoms with E-state index in [0.717, 1.165) is 5.56 Å². The number of carbonyl (C=O) groups is 3. The lowest BCUT2D eigenvalue weighted by molar-refractivity contribution is -0.121. The first kappa shape index (κ1) is 26.4. The number of amides is 2. The van der Waals surface area contributed by atoms with Gasteiger partial charge in [-0.1, -0.05) is 12.1 Å². The van der Waals surface area contributed by atoms with Gasteiger partial charge in [0.25, 0.3) is 0 Å². The molecule has 2 aliphatic rings. The van der Waals surface area contributed by atoms with Gasteiger partial charge in [0, 0.05) is 31.5 Å². The molecule has 1 aromatic carbocycles. The summed E-state index contributed by atoms with van der Waals surface area (Å²) >= 11 is 0. The van der Waals surface area contributed by atoms with Crippen LogP contribution >= 0.6 is 0 Å². The molecule has 1 aliphatic carbocycles. The molecular weight excluding hydrogens is 460 g/mol. The van der Waals surface area contributed by atoms with Crippen LogP contribution in [0.25, 0.3) is 6.08 Å². The third-order valence-corrected chi connectivity index (χ3v) is 5.33. The van der Waals surface area contributed by atoms with Gasteiger partial charge < -0.3 is 39.8 Å². The number of ether oxygens (including phenoxy) is 4. The van der Waals surface area contributed by atoms with Crippen molar-refractivity contribution in [2.45, 2.75) is 31.2 Å². The largest absolute Gasteiger partial charge is 0.499 e. The summed E-state index contributed by atoms with van der Waals surface area (Å²) < 4.78 is 21.9. The number of hydrogen-bond acceptors (Lipinski definition) is 9. The first-order valence-electron chi connectivity index (χ1n) is 11.3. The SMILES string of the molecule is O=C(CCNC(=O)C1=C[C@H]2OCO[C@H]2[C@H](OC(=O)c2ccc(C=COCCO)cc2)C1)NCCO. The van der Waals surface area contributed by atoms with Gasteiger partial charge in [-0.25, -0.2) is 4.79 Å². The monoisotopic (exact) mass is 490 g/mol. The Morgan fingerprint density at radius 3 is 2.60 bits per heavy atom. The molecular formula is C24H30N2O9. The molecule has 0 spiro atoms. The van der Waals surface area contributed by atoms with Gasteiger partial charge in [-0.3, -0.25) is 9.59 Å². The number of aliphatic hydroxyl groups excluding tert-OH is 2. The molecule has 1 fully saturated rings. The summed E-state index contributed by atoms with van der Waals surface area (Å²) in [4.78, 5) is 37.0. The molecule has 0 radical (unpaired) electrons. The molecule has 0 saturated carbocycles.